The smallest absolute Gasteiger partial charge is 0.353 e. The van der Waals surface area contributed by atoms with Crippen molar-refractivity contribution in [3.63, 3.8) is 0 Å². The summed E-state index contributed by atoms with van der Waals surface area (Å²) in [4.78, 5) is 25.4. The second kappa shape index (κ2) is 5.61. The number of hydrogen-bond acceptors (Lipinski definition) is 6. The number of aliphatic carboxylic acids is 1. The van der Waals surface area contributed by atoms with Gasteiger partial charge in [0, 0.05) is 11.2 Å². The third-order valence-electron chi connectivity index (χ3n) is 4.03. The van der Waals surface area contributed by atoms with Gasteiger partial charge in [0.2, 0.25) is 5.91 Å². The molecule has 128 valence electrons. The SMILES string of the molecule is C[C@@H](O)[C@H]1C(=O)N2C(C(=O)O)=C(c3cccc(S(C)(=O)=O)c3)S[C@H]12. The summed E-state index contributed by atoms with van der Waals surface area (Å²) in [5, 5.41) is 18.7. The van der Waals surface area contributed by atoms with Crippen molar-refractivity contribution in [3.05, 3.63) is 35.5 Å². The molecule has 3 rings (SSSR count). The van der Waals surface area contributed by atoms with E-state index in [-0.39, 0.29) is 10.6 Å². The number of hydrogen-bond donors (Lipinski definition) is 2. The van der Waals surface area contributed by atoms with Crippen LogP contribution >= 0.6 is 11.8 Å². The van der Waals surface area contributed by atoms with Crippen LogP contribution in [0, 0.1) is 5.92 Å². The van der Waals surface area contributed by atoms with E-state index >= 15 is 0 Å². The van der Waals surface area contributed by atoms with E-state index in [2.05, 4.69) is 0 Å². The maximum atomic E-state index is 12.2. The molecular weight excluding hydrogens is 354 g/mol. The van der Waals surface area contributed by atoms with E-state index in [0.717, 1.165) is 22.9 Å². The number of carbonyl (C=O) groups is 2. The van der Waals surface area contributed by atoms with Crippen LogP contribution < -0.4 is 0 Å². The van der Waals surface area contributed by atoms with Crippen molar-refractivity contribution in [3.8, 4) is 0 Å². The standard InChI is InChI=1S/C15H15NO6S2/c1-7(17)10-13(18)16-11(15(19)20)12(23-14(10)16)8-4-3-5-9(6-8)24(2,21)22/h3-7,10,14,17H,1-2H3,(H,19,20)/t7-,10+,14-/m1/s1. The highest BCUT2D eigenvalue weighted by Gasteiger charge is 2.57. The number of benzene rings is 1. The second-order valence-electron chi connectivity index (χ2n) is 5.77. The molecule has 0 spiro atoms. The van der Waals surface area contributed by atoms with Crippen LogP contribution in [0.3, 0.4) is 0 Å². The van der Waals surface area contributed by atoms with Gasteiger partial charge in [0.1, 0.15) is 11.1 Å². The fourth-order valence-electron chi connectivity index (χ4n) is 2.85. The van der Waals surface area contributed by atoms with Gasteiger partial charge in [-0.3, -0.25) is 9.69 Å². The fraction of sp³-hybridized carbons (Fsp3) is 0.333. The van der Waals surface area contributed by atoms with E-state index in [1.54, 1.807) is 6.07 Å². The first-order valence-corrected chi connectivity index (χ1v) is 9.86. The number of aliphatic hydroxyl groups excluding tert-OH is 1. The minimum absolute atomic E-state index is 0.0745. The molecule has 2 aliphatic rings. The number of rotatable bonds is 4. The molecule has 2 heterocycles. The summed E-state index contributed by atoms with van der Waals surface area (Å²) >= 11 is 1.16. The number of carbonyl (C=O) groups excluding carboxylic acids is 1. The highest BCUT2D eigenvalue weighted by atomic mass is 32.2. The zero-order chi connectivity index (χ0) is 17.8. The number of carboxylic acid groups (broad SMARTS) is 1. The van der Waals surface area contributed by atoms with E-state index in [1.807, 2.05) is 0 Å². The molecule has 0 radical (unpaired) electrons. The van der Waals surface area contributed by atoms with Gasteiger partial charge in [-0.15, -0.1) is 0 Å². The van der Waals surface area contributed by atoms with Crippen molar-refractivity contribution in [2.75, 3.05) is 6.26 Å². The summed E-state index contributed by atoms with van der Waals surface area (Å²) < 4.78 is 23.4. The van der Waals surface area contributed by atoms with Gasteiger partial charge < -0.3 is 10.2 Å². The van der Waals surface area contributed by atoms with Crippen molar-refractivity contribution in [2.45, 2.75) is 23.3 Å². The van der Waals surface area contributed by atoms with Crippen LogP contribution in [0.4, 0.5) is 0 Å². The van der Waals surface area contributed by atoms with Gasteiger partial charge >= 0.3 is 5.97 Å². The lowest BCUT2D eigenvalue weighted by atomic mass is 9.92. The normalized spacial score (nSPS) is 24.6. The Hall–Kier alpha value is -1.84. The zero-order valence-electron chi connectivity index (χ0n) is 12.8. The van der Waals surface area contributed by atoms with E-state index in [9.17, 15) is 28.2 Å². The van der Waals surface area contributed by atoms with Gasteiger partial charge in [0.15, 0.2) is 9.84 Å². The maximum absolute atomic E-state index is 12.2. The molecule has 24 heavy (non-hydrogen) atoms. The highest BCUT2D eigenvalue weighted by molar-refractivity contribution is 8.09. The van der Waals surface area contributed by atoms with Crippen molar-refractivity contribution < 1.29 is 28.2 Å². The average Bonchev–Trinajstić information content (AvgIpc) is 2.81. The van der Waals surface area contributed by atoms with Crippen LogP contribution in [0.5, 0.6) is 0 Å². The minimum atomic E-state index is -3.44. The number of sulfone groups is 1. The van der Waals surface area contributed by atoms with Crippen LogP contribution in [0.1, 0.15) is 12.5 Å². The van der Waals surface area contributed by atoms with Crippen LogP contribution in [0.25, 0.3) is 4.91 Å². The summed E-state index contributed by atoms with van der Waals surface area (Å²) in [6.45, 7) is 1.49. The molecule has 0 aromatic heterocycles. The Morgan fingerprint density at radius 1 is 1.38 bits per heavy atom. The Balaban J connectivity index is 2.08. The molecule has 7 nitrogen and oxygen atoms in total. The molecule has 1 amide bonds. The molecule has 2 N–H and O–H groups in total. The van der Waals surface area contributed by atoms with E-state index in [4.69, 9.17) is 0 Å². The van der Waals surface area contributed by atoms with Gasteiger partial charge in [0.25, 0.3) is 0 Å². The third-order valence-corrected chi connectivity index (χ3v) is 6.55. The summed E-state index contributed by atoms with van der Waals surface area (Å²) in [6.07, 6.45) is 0.184. The van der Waals surface area contributed by atoms with Crippen LogP contribution in [-0.4, -0.2) is 53.1 Å². The zero-order valence-corrected chi connectivity index (χ0v) is 14.5. The van der Waals surface area contributed by atoms with Crippen LogP contribution in [0.2, 0.25) is 0 Å². The Labute approximate surface area is 142 Å². The monoisotopic (exact) mass is 369 g/mol. The van der Waals surface area contributed by atoms with Crippen LogP contribution in [0.15, 0.2) is 34.9 Å². The summed E-state index contributed by atoms with van der Waals surface area (Å²) in [5.74, 6) is -2.36. The van der Waals surface area contributed by atoms with Crippen molar-refractivity contribution in [2.24, 2.45) is 5.92 Å². The molecule has 3 atom stereocenters. The van der Waals surface area contributed by atoms with E-state index in [1.165, 1.54) is 25.1 Å². The Kier molecular flexibility index (Phi) is 3.97. The lowest BCUT2D eigenvalue weighted by Crippen LogP contribution is -2.60. The van der Waals surface area contributed by atoms with Crippen molar-refractivity contribution >= 4 is 38.4 Å². The van der Waals surface area contributed by atoms with Gasteiger partial charge in [0.05, 0.1) is 16.9 Å². The first-order chi connectivity index (χ1) is 11.1. The number of fused-ring (bicyclic) bond motifs is 1. The summed E-state index contributed by atoms with van der Waals surface area (Å²) in [7, 11) is -3.44. The Morgan fingerprint density at radius 3 is 2.58 bits per heavy atom. The molecular formula is C15H15NO6S2. The lowest BCUT2D eigenvalue weighted by Gasteiger charge is -2.43. The maximum Gasteiger partial charge on any atom is 0.353 e. The van der Waals surface area contributed by atoms with Crippen LogP contribution in [-0.2, 0) is 19.4 Å². The molecule has 1 aromatic carbocycles. The molecule has 0 bridgehead atoms. The molecule has 2 aliphatic heterocycles. The lowest BCUT2D eigenvalue weighted by molar-refractivity contribution is -0.156. The summed E-state index contributed by atoms with van der Waals surface area (Å²) in [5.41, 5.74) is 0.254. The fourth-order valence-corrected chi connectivity index (χ4v) is 5.13. The Bertz CT molecular complexity index is 874. The topological polar surface area (TPSA) is 112 Å². The molecule has 9 heteroatoms. The molecule has 0 aliphatic carbocycles. The average molecular weight is 369 g/mol. The number of thioether (sulfide) groups is 1. The van der Waals surface area contributed by atoms with E-state index in [0.29, 0.717) is 10.5 Å². The van der Waals surface area contributed by atoms with Crippen molar-refractivity contribution in [1.82, 2.24) is 4.90 Å². The largest absolute Gasteiger partial charge is 0.477 e. The molecule has 1 aromatic rings. The number of aliphatic hydroxyl groups is 1. The van der Waals surface area contributed by atoms with Gasteiger partial charge in [-0.25, -0.2) is 13.2 Å². The first kappa shape index (κ1) is 17.0. The molecule has 1 saturated heterocycles. The highest BCUT2D eigenvalue weighted by Crippen LogP contribution is 2.53. The number of carboxylic acids is 1. The molecule has 0 saturated carbocycles. The van der Waals surface area contributed by atoms with Crippen molar-refractivity contribution in [1.29, 1.82) is 0 Å². The summed E-state index contributed by atoms with van der Waals surface area (Å²) in [6, 6.07) is 5.96. The number of amides is 1. The third kappa shape index (κ3) is 2.52. The number of β-lactam (4-membered cyclic amide) rings is 1. The number of nitrogens with zero attached hydrogens (tertiary/aromatic N) is 1. The molecule has 1 fully saturated rings. The first-order valence-electron chi connectivity index (χ1n) is 7.09. The van der Waals surface area contributed by atoms with E-state index < -0.39 is 39.1 Å². The predicted octanol–water partition coefficient (Wildman–Crippen LogP) is 0.755. The molecule has 0 unspecified atom stereocenters. The second-order valence-corrected chi connectivity index (χ2v) is 8.91. The minimum Gasteiger partial charge on any atom is -0.477 e. The Morgan fingerprint density at radius 2 is 2.04 bits per heavy atom. The quantitative estimate of drug-likeness (QED) is 0.753. The van der Waals surface area contributed by atoms with Gasteiger partial charge in [-0.2, -0.15) is 0 Å². The van der Waals surface area contributed by atoms with Gasteiger partial charge in [-0.1, -0.05) is 23.9 Å². The predicted molar refractivity (Wildman–Crippen MR) is 87.5 cm³/mol. The van der Waals surface area contributed by atoms with Gasteiger partial charge in [-0.05, 0) is 24.6 Å².